The molecule has 0 N–H and O–H groups in total. The van der Waals surface area contributed by atoms with E-state index in [1.807, 2.05) is 13.8 Å². The summed E-state index contributed by atoms with van der Waals surface area (Å²) >= 11 is 0. The lowest BCUT2D eigenvalue weighted by molar-refractivity contribution is -0.156. The Morgan fingerprint density at radius 3 is 1.48 bits per heavy atom. The van der Waals surface area contributed by atoms with Gasteiger partial charge in [-0.3, -0.25) is 0 Å². The maximum absolute atomic E-state index is 6.02. The second-order valence-corrected chi connectivity index (χ2v) is 8.06. The van der Waals surface area contributed by atoms with E-state index in [1.165, 1.54) is 22.3 Å². The molecule has 2 atom stereocenters. The molecular formula is C27H38O6. The summed E-state index contributed by atoms with van der Waals surface area (Å²) in [4.78, 5) is 0. The van der Waals surface area contributed by atoms with Gasteiger partial charge in [0.2, 0.25) is 0 Å². The molecule has 3 rings (SSSR count). The van der Waals surface area contributed by atoms with Gasteiger partial charge in [-0.25, -0.2) is 0 Å². The third-order valence-electron chi connectivity index (χ3n) is 6.26. The number of benzene rings is 2. The summed E-state index contributed by atoms with van der Waals surface area (Å²) < 4.78 is 33.8. The van der Waals surface area contributed by atoms with Crippen molar-refractivity contribution in [3.63, 3.8) is 0 Å². The Balaban J connectivity index is 1.76. The molecule has 2 unspecified atom stereocenters. The van der Waals surface area contributed by atoms with Crippen LogP contribution in [0.3, 0.4) is 0 Å². The summed E-state index contributed by atoms with van der Waals surface area (Å²) in [5.74, 6) is 0. The van der Waals surface area contributed by atoms with Crippen LogP contribution in [-0.4, -0.2) is 66.4 Å². The third kappa shape index (κ3) is 6.21. The predicted octanol–water partition coefficient (Wildman–Crippen LogP) is 4.78. The molecule has 0 fully saturated rings. The molecule has 6 heteroatoms. The molecule has 6 nitrogen and oxygen atoms in total. The van der Waals surface area contributed by atoms with Crippen LogP contribution in [0.25, 0.3) is 11.1 Å². The molecule has 2 aromatic rings. The van der Waals surface area contributed by atoms with Crippen molar-refractivity contribution in [1.82, 2.24) is 0 Å². The van der Waals surface area contributed by atoms with Crippen molar-refractivity contribution < 1.29 is 28.4 Å². The standard InChI is InChI=1S/C27H38O6/c1-5-32-25(28-3)19-30-17-15-27(16-18-31-20-26(29-4)33-6-2)23-13-9-7-11-21(23)22-12-8-10-14-24(22)27/h7-14,25-26H,5-6,15-20H2,1-4H3. The molecule has 0 amide bonds. The van der Waals surface area contributed by atoms with Gasteiger partial charge in [0.1, 0.15) is 0 Å². The Bertz CT molecular complexity index is 769. The monoisotopic (exact) mass is 458 g/mol. The van der Waals surface area contributed by atoms with Crippen molar-refractivity contribution >= 4 is 0 Å². The lowest BCUT2D eigenvalue weighted by atomic mass is 9.73. The van der Waals surface area contributed by atoms with E-state index in [9.17, 15) is 0 Å². The third-order valence-corrected chi connectivity index (χ3v) is 6.26. The molecule has 33 heavy (non-hydrogen) atoms. The first-order chi connectivity index (χ1) is 16.2. The van der Waals surface area contributed by atoms with Crippen LogP contribution in [0, 0.1) is 0 Å². The summed E-state index contributed by atoms with van der Waals surface area (Å²) in [6.07, 6.45) is 0.988. The number of fused-ring (bicyclic) bond motifs is 3. The highest BCUT2D eigenvalue weighted by atomic mass is 16.7. The molecule has 0 bridgehead atoms. The molecule has 0 radical (unpaired) electrons. The number of hydrogen-bond acceptors (Lipinski definition) is 6. The first-order valence-corrected chi connectivity index (χ1v) is 11.8. The van der Waals surface area contributed by atoms with Gasteiger partial charge >= 0.3 is 0 Å². The molecule has 1 aliphatic rings. The summed E-state index contributed by atoms with van der Waals surface area (Å²) in [7, 11) is 3.28. The minimum absolute atomic E-state index is 0.185. The van der Waals surface area contributed by atoms with Crippen molar-refractivity contribution in [3.8, 4) is 11.1 Å². The van der Waals surface area contributed by atoms with Crippen LogP contribution < -0.4 is 0 Å². The van der Waals surface area contributed by atoms with E-state index in [0.29, 0.717) is 39.6 Å². The Morgan fingerprint density at radius 2 is 1.09 bits per heavy atom. The van der Waals surface area contributed by atoms with E-state index in [0.717, 1.165) is 12.8 Å². The second-order valence-electron chi connectivity index (χ2n) is 8.06. The molecule has 0 spiro atoms. The van der Waals surface area contributed by atoms with Crippen molar-refractivity contribution in [2.24, 2.45) is 0 Å². The molecule has 0 aliphatic heterocycles. The first-order valence-electron chi connectivity index (χ1n) is 11.8. The van der Waals surface area contributed by atoms with Crippen molar-refractivity contribution in [1.29, 1.82) is 0 Å². The van der Waals surface area contributed by atoms with Crippen molar-refractivity contribution in [2.45, 2.75) is 44.7 Å². The van der Waals surface area contributed by atoms with E-state index < -0.39 is 0 Å². The van der Waals surface area contributed by atoms with Gasteiger partial charge in [0.15, 0.2) is 12.6 Å². The van der Waals surface area contributed by atoms with E-state index >= 15 is 0 Å². The van der Waals surface area contributed by atoms with E-state index in [2.05, 4.69) is 48.5 Å². The molecular weight excluding hydrogens is 420 g/mol. The predicted molar refractivity (Wildman–Crippen MR) is 128 cm³/mol. The Hall–Kier alpha value is -1.80. The van der Waals surface area contributed by atoms with Crippen molar-refractivity contribution in [2.75, 3.05) is 53.9 Å². The molecule has 0 heterocycles. The largest absolute Gasteiger partial charge is 0.376 e. The minimum Gasteiger partial charge on any atom is -0.376 e. The zero-order valence-electron chi connectivity index (χ0n) is 20.4. The van der Waals surface area contributed by atoms with Crippen LogP contribution in [-0.2, 0) is 33.8 Å². The molecule has 182 valence electrons. The lowest BCUT2D eigenvalue weighted by Gasteiger charge is -2.32. The highest BCUT2D eigenvalue weighted by Crippen LogP contribution is 2.52. The molecule has 1 aliphatic carbocycles. The smallest absolute Gasteiger partial charge is 0.180 e. The van der Waals surface area contributed by atoms with Gasteiger partial charge in [0.05, 0.1) is 13.2 Å². The Labute approximate surface area is 198 Å². The Morgan fingerprint density at radius 1 is 0.667 bits per heavy atom. The lowest BCUT2D eigenvalue weighted by Crippen LogP contribution is -2.31. The molecule has 0 aromatic heterocycles. The molecule has 2 aromatic carbocycles. The SMILES string of the molecule is CCOC(COCCC1(CCOCC(OC)OCC)c2ccccc2-c2ccccc21)OC. The van der Waals surface area contributed by atoms with E-state index in [4.69, 9.17) is 28.4 Å². The highest BCUT2D eigenvalue weighted by molar-refractivity contribution is 5.80. The van der Waals surface area contributed by atoms with E-state index in [1.54, 1.807) is 14.2 Å². The van der Waals surface area contributed by atoms with Crippen LogP contribution in [0.1, 0.15) is 37.8 Å². The van der Waals surface area contributed by atoms with Gasteiger partial charge in [-0.2, -0.15) is 0 Å². The van der Waals surface area contributed by atoms with Crippen LogP contribution >= 0.6 is 0 Å². The topological polar surface area (TPSA) is 55.4 Å². The summed E-state index contributed by atoms with van der Waals surface area (Å²) in [5, 5.41) is 0. The fourth-order valence-electron chi connectivity index (χ4n) is 4.67. The van der Waals surface area contributed by atoms with Crippen molar-refractivity contribution in [3.05, 3.63) is 59.7 Å². The minimum atomic E-state index is -0.345. The maximum Gasteiger partial charge on any atom is 0.180 e. The number of rotatable bonds is 16. The average Bonchev–Trinajstić information content (AvgIpc) is 3.13. The van der Waals surface area contributed by atoms with Gasteiger partial charge in [-0.1, -0.05) is 48.5 Å². The molecule has 0 saturated heterocycles. The quantitative estimate of drug-likeness (QED) is 0.266. The van der Waals surface area contributed by atoms with Crippen LogP contribution in [0.15, 0.2) is 48.5 Å². The van der Waals surface area contributed by atoms with Gasteiger partial charge in [-0.15, -0.1) is 0 Å². The van der Waals surface area contributed by atoms with Crippen LogP contribution in [0.2, 0.25) is 0 Å². The maximum atomic E-state index is 6.02. The number of ether oxygens (including phenoxy) is 6. The summed E-state index contributed by atoms with van der Waals surface area (Å²) in [6.45, 7) is 7.08. The highest BCUT2D eigenvalue weighted by Gasteiger charge is 2.42. The van der Waals surface area contributed by atoms with E-state index in [-0.39, 0.29) is 18.0 Å². The zero-order valence-corrected chi connectivity index (χ0v) is 20.4. The van der Waals surface area contributed by atoms with Crippen LogP contribution in [0.5, 0.6) is 0 Å². The van der Waals surface area contributed by atoms with Gasteiger partial charge in [-0.05, 0) is 48.9 Å². The van der Waals surface area contributed by atoms with Crippen LogP contribution in [0.4, 0.5) is 0 Å². The normalized spacial score (nSPS) is 15.8. The van der Waals surface area contributed by atoms with Gasteiger partial charge in [0.25, 0.3) is 0 Å². The average molecular weight is 459 g/mol. The fraction of sp³-hybridized carbons (Fsp3) is 0.556. The number of methoxy groups -OCH3 is 2. The summed E-state index contributed by atoms with van der Waals surface area (Å²) in [5.41, 5.74) is 5.07. The summed E-state index contributed by atoms with van der Waals surface area (Å²) in [6, 6.07) is 17.4. The van der Waals surface area contributed by atoms with Gasteiger partial charge in [0, 0.05) is 46.1 Å². The second kappa shape index (κ2) is 13.2. The number of hydrogen-bond donors (Lipinski definition) is 0. The zero-order chi connectivity index (χ0) is 23.5. The first kappa shape index (κ1) is 25.8. The fourth-order valence-corrected chi connectivity index (χ4v) is 4.67. The van der Waals surface area contributed by atoms with Gasteiger partial charge < -0.3 is 28.4 Å². The molecule has 0 saturated carbocycles. The Kier molecular flexibility index (Phi) is 10.3.